The molecule has 0 aliphatic carbocycles. The van der Waals surface area contributed by atoms with E-state index in [-0.39, 0.29) is 19.8 Å². The Labute approximate surface area is 257 Å². The van der Waals surface area contributed by atoms with Crippen molar-refractivity contribution in [2.45, 2.75) is 39.3 Å². The predicted octanol–water partition coefficient (Wildman–Crippen LogP) is 6.08. The summed E-state index contributed by atoms with van der Waals surface area (Å²) in [5.41, 5.74) is 0.463. The maximum absolute atomic E-state index is 12.7. The first-order valence-electron chi connectivity index (χ1n) is 11.5. The first-order valence-corrected chi connectivity index (χ1v) is 13.8. The summed E-state index contributed by atoms with van der Waals surface area (Å²) in [6.07, 6.45) is 3.22. The second-order valence-electron chi connectivity index (χ2n) is 8.59. The molecule has 2 N–H and O–H groups in total. The van der Waals surface area contributed by atoms with Crippen LogP contribution in [0.5, 0.6) is 5.75 Å². The van der Waals surface area contributed by atoms with Gasteiger partial charge < -0.3 is 24.8 Å². The molecule has 0 saturated heterocycles. The summed E-state index contributed by atoms with van der Waals surface area (Å²) in [4.78, 5) is 25.3. The zero-order chi connectivity index (χ0) is 29.1. The lowest BCUT2D eigenvalue weighted by molar-refractivity contribution is -0.125. The van der Waals surface area contributed by atoms with Crippen LogP contribution in [0.3, 0.4) is 0 Å². The quantitative estimate of drug-likeness (QED) is 0.154. The van der Waals surface area contributed by atoms with E-state index in [2.05, 4.69) is 10.6 Å². The number of alkyl halides is 6. The SMILES string of the molecule is COc1ccc(COC/C=C/[C@H](NC(=O)C(Cl)(Cl)Cl)[C@](C)(COCc2ccccc2)NC(=O)C(Cl)(Cl)Cl)cc1. The van der Waals surface area contributed by atoms with Crippen molar-refractivity contribution in [3.63, 3.8) is 0 Å². The van der Waals surface area contributed by atoms with Crippen molar-refractivity contribution in [2.24, 2.45) is 0 Å². The Hall–Kier alpha value is -1.42. The van der Waals surface area contributed by atoms with Gasteiger partial charge in [0.2, 0.25) is 0 Å². The normalized spacial score (nSPS) is 14.5. The molecular formula is C26H28Cl6N2O5. The molecule has 7 nitrogen and oxygen atoms in total. The zero-order valence-corrected chi connectivity index (χ0v) is 25.6. The molecule has 0 heterocycles. The van der Waals surface area contributed by atoms with Gasteiger partial charge in [-0.1, -0.05) is 124 Å². The fourth-order valence-corrected chi connectivity index (χ4v) is 3.60. The van der Waals surface area contributed by atoms with E-state index in [9.17, 15) is 9.59 Å². The number of hydrogen-bond donors (Lipinski definition) is 2. The molecule has 0 aliphatic rings. The van der Waals surface area contributed by atoms with E-state index in [1.807, 2.05) is 54.6 Å². The molecule has 0 saturated carbocycles. The van der Waals surface area contributed by atoms with Crippen LogP contribution in [0.1, 0.15) is 18.1 Å². The fraction of sp³-hybridized carbons (Fsp3) is 0.385. The van der Waals surface area contributed by atoms with Crippen LogP contribution in [0.4, 0.5) is 0 Å². The number of methoxy groups -OCH3 is 1. The van der Waals surface area contributed by atoms with Crippen molar-refractivity contribution < 1.29 is 23.8 Å². The third-order valence-electron chi connectivity index (χ3n) is 5.37. The van der Waals surface area contributed by atoms with Crippen molar-refractivity contribution >= 4 is 81.4 Å². The van der Waals surface area contributed by atoms with Crippen LogP contribution < -0.4 is 15.4 Å². The zero-order valence-electron chi connectivity index (χ0n) is 21.1. The topological polar surface area (TPSA) is 85.9 Å². The smallest absolute Gasteiger partial charge is 0.272 e. The first-order chi connectivity index (χ1) is 18.2. The maximum atomic E-state index is 12.7. The monoisotopic (exact) mass is 658 g/mol. The van der Waals surface area contributed by atoms with Crippen molar-refractivity contribution in [2.75, 3.05) is 20.3 Å². The highest BCUT2D eigenvalue weighted by molar-refractivity contribution is 6.76. The number of ether oxygens (including phenoxy) is 3. The van der Waals surface area contributed by atoms with Crippen LogP contribution in [0.25, 0.3) is 0 Å². The lowest BCUT2D eigenvalue weighted by Crippen LogP contribution is -2.64. The van der Waals surface area contributed by atoms with Crippen molar-refractivity contribution in [3.8, 4) is 5.75 Å². The molecular weight excluding hydrogens is 633 g/mol. The van der Waals surface area contributed by atoms with E-state index < -0.39 is 31.0 Å². The van der Waals surface area contributed by atoms with Crippen molar-refractivity contribution in [1.82, 2.24) is 10.6 Å². The van der Waals surface area contributed by atoms with Gasteiger partial charge in [0.15, 0.2) is 0 Å². The van der Waals surface area contributed by atoms with Crippen molar-refractivity contribution in [3.05, 3.63) is 77.9 Å². The molecule has 214 valence electrons. The molecule has 0 aromatic heterocycles. The molecule has 0 aliphatic heterocycles. The van der Waals surface area contributed by atoms with Crippen LogP contribution >= 0.6 is 69.6 Å². The number of rotatable bonds is 13. The Balaban J connectivity index is 2.22. The number of amides is 2. The lowest BCUT2D eigenvalue weighted by Gasteiger charge is -2.38. The lowest BCUT2D eigenvalue weighted by atomic mass is 9.92. The number of benzene rings is 2. The van der Waals surface area contributed by atoms with Crippen LogP contribution in [0, 0.1) is 0 Å². The average molecular weight is 661 g/mol. The van der Waals surface area contributed by atoms with Gasteiger partial charge in [0.05, 0.1) is 45.1 Å². The van der Waals surface area contributed by atoms with Crippen LogP contribution in [0.2, 0.25) is 0 Å². The van der Waals surface area contributed by atoms with Gasteiger partial charge in [-0.3, -0.25) is 9.59 Å². The van der Waals surface area contributed by atoms with Gasteiger partial charge in [-0.05, 0) is 30.2 Å². The van der Waals surface area contributed by atoms with Gasteiger partial charge in [-0.15, -0.1) is 0 Å². The van der Waals surface area contributed by atoms with Gasteiger partial charge in [0.25, 0.3) is 19.4 Å². The minimum Gasteiger partial charge on any atom is -0.497 e. The second kappa shape index (κ2) is 15.5. The van der Waals surface area contributed by atoms with E-state index in [1.165, 1.54) is 0 Å². The van der Waals surface area contributed by atoms with Gasteiger partial charge >= 0.3 is 0 Å². The standard InChI is InChI=1S/C26H28Cl6N2O5/c1-24(34-23(36)26(30,31)32,17-39-16-18-7-4-3-5-8-18)21(33-22(35)25(27,28)29)9-6-14-38-15-19-10-12-20(37-2)13-11-19/h3-13,21H,14-17H2,1-2H3,(H,33,35)(H,34,36)/b9-6+/t21-,24-/m0/s1. The molecule has 2 aromatic carbocycles. The Morgan fingerprint density at radius 3 is 1.97 bits per heavy atom. The van der Waals surface area contributed by atoms with E-state index >= 15 is 0 Å². The summed E-state index contributed by atoms with van der Waals surface area (Å²) in [5, 5.41) is 5.26. The molecule has 0 spiro atoms. The fourth-order valence-electron chi connectivity index (χ4n) is 3.29. The van der Waals surface area contributed by atoms with Gasteiger partial charge in [-0.2, -0.15) is 0 Å². The molecule has 0 unspecified atom stereocenters. The molecule has 0 fully saturated rings. The molecule has 2 amide bonds. The molecule has 13 heteroatoms. The summed E-state index contributed by atoms with van der Waals surface area (Å²) >= 11 is 34.8. The van der Waals surface area contributed by atoms with E-state index in [0.717, 1.165) is 16.9 Å². The van der Waals surface area contributed by atoms with Crippen LogP contribution in [-0.4, -0.2) is 51.3 Å². The Kier molecular flexibility index (Phi) is 13.5. The molecule has 2 atom stereocenters. The third kappa shape index (κ3) is 11.9. The minimum atomic E-state index is -2.28. The predicted molar refractivity (Wildman–Crippen MR) is 157 cm³/mol. The highest BCUT2D eigenvalue weighted by Crippen LogP contribution is 2.29. The molecule has 2 aromatic rings. The van der Waals surface area contributed by atoms with E-state index in [0.29, 0.717) is 6.61 Å². The van der Waals surface area contributed by atoms with Gasteiger partial charge in [-0.25, -0.2) is 0 Å². The summed E-state index contributed by atoms with van der Waals surface area (Å²) < 4.78 is 12.2. The van der Waals surface area contributed by atoms with Crippen LogP contribution in [-0.2, 0) is 32.3 Å². The Morgan fingerprint density at radius 2 is 1.41 bits per heavy atom. The molecule has 0 bridgehead atoms. The average Bonchev–Trinajstić information content (AvgIpc) is 2.87. The van der Waals surface area contributed by atoms with Gasteiger partial charge in [0.1, 0.15) is 5.75 Å². The summed E-state index contributed by atoms with van der Waals surface area (Å²) in [6.45, 7) is 2.17. The van der Waals surface area contributed by atoms with Gasteiger partial charge in [0, 0.05) is 0 Å². The maximum Gasteiger partial charge on any atom is 0.272 e. The first kappa shape index (κ1) is 33.8. The van der Waals surface area contributed by atoms with E-state index in [1.54, 1.807) is 26.2 Å². The Bertz CT molecular complexity index is 1090. The van der Waals surface area contributed by atoms with Crippen molar-refractivity contribution in [1.29, 1.82) is 0 Å². The second-order valence-corrected chi connectivity index (χ2v) is 13.2. The molecule has 2 rings (SSSR count). The number of hydrogen-bond acceptors (Lipinski definition) is 5. The number of nitrogens with one attached hydrogen (secondary N) is 2. The largest absolute Gasteiger partial charge is 0.497 e. The molecule has 0 radical (unpaired) electrons. The highest BCUT2D eigenvalue weighted by Gasteiger charge is 2.43. The minimum absolute atomic E-state index is 0.115. The number of carbonyl (C=O) groups excluding carboxylic acids is 2. The summed E-state index contributed by atoms with van der Waals surface area (Å²) in [6, 6.07) is 15.8. The number of carbonyl (C=O) groups is 2. The third-order valence-corrected chi connectivity index (χ3v) is 6.40. The summed E-state index contributed by atoms with van der Waals surface area (Å²) in [7, 11) is 1.59. The highest BCUT2D eigenvalue weighted by atomic mass is 35.6. The summed E-state index contributed by atoms with van der Waals surface area (Å²) in [5.74, 6) is -1.13. The van der Waals surface area contributed by atoms with E-state index in [4.69, 9.17) is 83.8 Å². The van der Waals surface area contributed by atoms with Crippen LogP contribution in [0.15, 0.2) is 66.7 Å². The molecule has 39 heavy (non-hydrogen) atoms. The number of halogens is 6. The Morgan fingerprint density at radius 1 is 0.846 bits per heavy atom.